The van der Waals surface area contributed by atoms with E-state index in [1.807, 2.05) is 31.2 Å². The highest BCUT2D eigenvalue weighted by Crippen LogP contribution is 2.22. The van der Waals surface area contributed by atoms with Gasteiger partial charge in [0, 0.05) is 17.8 Å². The fraction of sp³-hybridized carbons (Fsp3) is 0.235. The molecule has 21 heavy (non-hydrogen) atoms. The number of hydrogen-bond acceptors (Lipinski definition) is 2. The van der Waals surface area contributed by atoms with Gasteiger partial charge in [-0.2, -0.15) is 0 Å². The van der Waals surface area contributed by atoms with E-state index in [0.717, 1.165) is 11.3 Å². The number of nitrogens with zero attached hydrogens (tertiary/aromatic N) is 1. The van der Waals surface area contributed by atoms with Gasteiger partial charge in [0.05, 0.1) is 0 Å². The van der Waals surface area contributed by atoms with Gasteiger partial charge >= 0.3 is 0 Å². The molecule has 2 aromatic carbocycles. The minimum Gasteiger partial charge on any atom is -0.330 e. The van der Waals surface area contributed by atoms with E-state index in [0.29, 0.717) is 25.1 Å². The lowest BCUT2D eigenvalue weighted by atomic mass is 10.1. The highest BCUT2D eigenvalue weighted by atomic mass is 19.1. The number of aryl methyl sites for hydroxylation is 1. The molecule has 0 aliphatic rings. The second-order valence-corrected chi connectivity index (χ2v) is 4.89. The van der Waals surface area contributed by atoms with Crippen LogP contribution in [0.1, 0.15) is 22.3 Å². The highest BCUT2D eigenvalue weighted by Gasteiger charge is 2.18. The molecule has 0 saturated heterocycles. The minimum atomic E-state index is -0.351. The summed E-state index contributed by atoms with van der Waals surface area (Å²) >= 11 is 0. The second-order valence-electron chi connectivity index (χ2n) is 4.89. The van der Waals surface area contributed by atoms with Crippen LogP contribution in [0, 0.1) is 12.7 Å². The van der Waals surface area contributed by atoms with Gasteiger partial charge in [-0.3, -0.25) is 4.79 Å². The summed E-state index contributed by atoms with van der Waals surface area (Å²) in [5, 5.41) is 0. The van der Waals surface area contributed by atoms with E-state index in [1.54, 1.807) is 4.90 Å². The van der Waals surface area contributed by atoms with Crippen molar-refractivity contribution in [2.45, 2.75) is 13.3 Å². The summed E-state index contributed by atoms with van der Waals surface area (Å²) in [4.78, 5) is 14.4. The smallest absolute Gasteiger partial charge is 0.258 e. The van der Waals surface area contributed by atoms with Crippen molar-refractivity contribution in [2.24, 2.45) is 5.73 Å². The van der Waals surface area contributed by atoms with Gasteiger partial charge < -0.3 is 10.6 Å². The van der Waals surface area contributed by atoms with E-state index >= 15 is 0 Å². The van der Waals surface area contributed by atoms with Gasteiger partial charge in [-0.25, -0.2) is 4.39 Å². The van der Waals surface area contributed by atoms with E-state index in [2.05, 4.69) is 0 Å². The van der Waals surface area contributed by atoms with Crippen LogP contribution in [-0.4, -0.2) is 19.0 Å². The van der Waals surface area contributed by atoms with Gasteiger partial charge in [0.15, 0.2) is 0 Å². The number of nitrogens with two attached hydrogens (primary N) is 1. The van der Waals surface area contributed by atoms with Crippen LogP contribution in [0.3, 0.4) is 0 Å². The molecule has 0 aliphatic carbocycles. The molecule has 0 heterocycles. The molecule has 0 aliphatic heterocycles. The molecule has 0 unspecified atom stereocenters. The number of rotatable bonds is 5. The van der Waals surface area contributed by atoms with Crippen molar-refractivity contribution < 1.29 is 9.18 Å². The zero-order valence-corrected chi connectivity index (χ0v) is 12.1. The largest absolute Gasteiger partial charge is 0.330 e. The number of carbonyl (C=O) groups excluding carboxylic acids is 1. The molecule has 0 spiro atoms. The van der Waals surface area contributed by atoms with Gasteiger partial charge in [0.25, 0.3) is 5.91 Å². The SMILES string of the molecule is Cc1ccccc1N(CCCN)C(=O)c1ccc(F)cc1. The average Bonchev–Trinajstić information content (AvgIpc) is 2.50. The first-order valence-corrected chi connectivity index (χ1v) is 6.96. The normalized spacial score (nSPS) is 10.4. The van der Waals surface area contributed by atoms with Crippen molar-refractivity contribution >= 4 is 11.6 Å². The third-order valence-corrected chi connectivity index (χ3v) is 3.33. The predicted octanol–water partition coefficient (Wildman–Crippen LogP) is 3.13. The Balaban J connectivity index is 2.33. The minimum absolute atomic E-state index is 0.141. The molecule has 2 rings (SSSR count). The summed E-state index contributed by atoms with van der Waals surface area (Å²) < 4.78 is 13.0. The first-order chi connectivity index (χ1) is 10.1. The Morgan fingerprint density at radius 3 is 2.43 bits per heavy atom. The van der Waals surface area contributed by atoms with Gasteiger partial charge in [-0.15, -0.1) is 0 Å². The van der Waals surface area contributed by atoms with E-state index in [-0.39, 0.29) is 11.7 Å². The summed E-state index contributed by atoms with van der Waals surface area (Å²) in [7, 11) is 0. The van der Waals surface area contributed by atoms with Crippen molar-refractivity contribution in [3.8, 4) is 0 Å². The molecule has 110 valence electrons. The van der Waals surface area contributed by atoms with Crippen LogP contribution in [0.5, 0.6) is 0 Å². The molecule has 2 aromatic rings. The van der Waals surface area contributed by atoms with Crippen LogP contribution in [0.15, 0.2) is 48.5 Å². The van der Waals surface area contributed by atoms with Crippen molar-refractivity contribution in [1.29, 1.82) is 0 Å². The van der Waals surface area contributed by atoms with Crippen molar-refractivity contribution in [2.75, 3.05) is 18.0 Å². The molecule has 0 saturated carbocycles. The average molecular weight is 286 g/mol. The third kappa shape index (κ3) is 3.67. The Hall–Kier alpha value is -2.20. The maximum atomic E-state index is 13.0. The number of para-hydroxylation sites is 1. The predicted molar refractivity (Wildman–Crippen MR) is 82.9 cm³/mol. The molecule has 0 atom stereocenters. The molecular formula is C17H19FN2O. The molecule has 2 N–H and O–H groups in total. The maximum absolute atomic E-state index is 13.0. The molecule has 0 aromatic heterocycles. The second kappa shape index (κ2) is 6.99. The van der Waals surface area contributed by atoms with Crippen molar-refractivity contribution in [1.82, 2.24) is 0 Å². The van der Waals surface area contributed by atoms with Gasteiger partial charge in [-0.05, 0) is 55.8 Å². The number of amides is 1. The summed E-state index contributed by atoms with van der Waals surface area (Å²) in [6.07, 6.45) is 0.710. The summed E-state index contributed by atoms with van der Waals surface area (Å²) in [5.41, 5.74) is 7.91. The number of hydrogen-bond donors (Lipinski definition) is 1. The van der Waals surface area contributed by atoms with Crippen LogP contribution < -0.4 is 10.6 Å². The fourth-order valence-electron chi connectivity index (χ4n) is 2.20. The number of anilines is 1. The number of carbonyl (C=O) groups is 1. The van der Waals surface area contributed by atoms with E-state index in [1.165, 1.54) is 24.3 Å². The molecule has 0 radical (unpaired) electrons. The molecule has 0 fully saturated rings. The molecular weight excluding hydrogens is 267 g/mol. The Kier molecular flexibility index (Phi) is 5.06. The van der Waals surface area contributed by atoms with Crippen LogP contribution >= 0.6 is 0 Å². The maximum Gasteiger partial charge on any atom is 0.258 e. The quantitative estimate of drug-likeness (QED) is 0.918. The first kappa shape index (κ1) is 15.2. The zero-order chi connectivity index (χ0) is 15.2. The highest BCUT2D eigenvalue weighted by molar-refractivity contribution is 6.06. The monoisotopic (exact) mass is 286 g/mol. The van der Waals surface area contributed by atoms with Gasteiger partial charge in [0.2, 0.25) is 0 Å². The van der Waals surface area contributed by atoms with E-state index in [4.69, 9.17) is 5.73 Å². The first-order valence-electron chi connectivity index (χ1n) is 6.96. The Morgan fingerprint density at radius 2 is 1.81 bits per heavy atom. The van der Waals surface area contributed by atoms with E-state index < -0.39 is 0 Å². The van der Waals surface area contributed by atoms with E-state index in [9.17, 15) is 9.18 Å². The zero-order valence-electron chi connectivity index (χ0n) is 12.1. The Labute approximate surface area is 124 Å². The third-order valence-electron chi connectivity index (χ3n) is 3.33. The standard InChI is InChI=1S/C17H19FN2O/c1-13-5-2-3-6-16(13)20(12-4-11-19)17(21)14-7-9-15(18)10-8-14/h2-3,5-10H,4,11-12,19H2,1H3. The lowest BCUT2D eigenvalue weighted by Gasteiger charge is -2.24. The summed E-state index contributed by atoms with van der Waals surface area (Å²) in [6.45, 7) is 3.01. The lowest BCUT2D eigenvalue weighted by molar-refractivity contribution is 0.0986. The van der Waals surface area contributed by atoms with Crippen LogP contribution in [0.4, 0.5) is 10.1 Å². The summed E-state index contributed by atoms with van der Waals surface area (Å²) in [5.74, 6) is -0.492. The van der Waals surface area contributed by atoms with Gasteiger partial charge in [0.1, 0.15) is 5.82 Å². The van der Waals surface area contributed by atoms with Gasteiger partial charge in [-0.1, -0.05) is 18.2 Å². The Morgan fingerprint density at radius 1 is 1.14 bits per heavy atom. The molecule has 4 heteroatoms. The topological polar surface area (TPSA) is 46.3 Å². The number of benzene rings is 2. The van der Waals surface area contributed by atoms with Crippen molar-refractivity contribution in [3.63, 3.8) is 0 Å². The van der Waals surface area contributed by atoms with Crippen molar-refractivity contribution in [3.05, 3.63) is 65.5 Å². The number of halogens is 1. The lowest BCUT2D eigenvalue weighted by Crippen LogP contribution is -2.33. The molecule has 3 nitrogen and oxygen atoms in total. The molecule has 0 bridgehead atoms. The Bertz CT molecular complexity index is 610. The van der Waals surface area contributed by atoms with Crippen LogP contribution in [0.2, 0.25) is 0 Å². The van der Waals surface area contributed by atoms with Crippen LogP contribution in [-0.2, 0) is 0 Å². The van der Waals surface area contributed by atoms with Crippen LogP contribution in [0.25, 0.3) is 0 Å². The fourth-order valence-corrected chi connectivity index (χ4v) is 2.20. The summed E-state index contributed by atoms with van der Waals surface area (Å²) in [6, 6.07) is 13.3. The molecule has 1 amide bonds.